The van der Waals surface area contributed by atoms with Gasteiger partial charge in [0.25, 0.3) is 0 Å². The van der Waals surface area contributed by atoms with E-state index in [1.807, 2.05) is 19.1 Å². The van der Waals surface area contributed by atoms with Crippen LogP contribution in [-0.4, -0.2) is 6.04 Å². The molecule has 0 aromatic heterocycles. The molecule has 1 N–H and O–H groups in total. The van der Waals surface area contributed by atoms with E-state index < -0.39 is 0 Å². The fourth-order valence-corrected chi connectivity index (χ4v) is 2.60. The minimum atomic E-state index is -0.386. The molecule has 0 atom stereocenters. The Kier molecular flexibility index (Phi) is 5.42. The van der Waals surface area contributed by atoms with E-state index in [4.69, 9.17) is 11.6 Å². The van der Waals surface area contributed by atoms with Crippen LogP contribution in [0.1, 0.15) is 25.0 Å². The highest BCUT2D eigenvalue weighted by molar-refractivity contribution is 9.10. The van der Waals surface area contributed by atoms with Gasteiger partial charge in [-0.25, -0.2) is 4.39 Å². The molecule has 2 rings (SSSR count). The second-order valence-corrected chi connectivity index (χ2v) is 6.64. The van der Waals surface area contributed by atoms with Gasteiger partial charge in [0.05, 0.1) is 5.02 Å². The summed E-state index contributed by atoms with van der Waals surface area (Å²) in [6, 6.07) is 10.0. The molecule has 2 aromatic rings. The zero-order valence-electron chi connectivity index (χ0n) is 12.3. The molecule has 0 heterocycles. The van der Waals surface area contributed by atoms with E-state index in [9.17, 15) is 4.39 Å². The lowest BCUT2D eigenvalue weighted by Crippen LogP contribution is -2.21. The van der Waals surface area contributed by atoms with Crippen LogP contribution in [0.25, 0.3) is 11.1 Å². The predicted octanol–water partition coefficient (Wildman–Crippen LogP) is 5.72. The lowest BCUT2D eigenvalue weighted by Gasteiger charge is -2.13. The second kappa shape index (κ2) is 6.91. The minimum absolute atomic E-state index is 0.123. The van der Waals surface area contributed by atoms with Crippen molar-refractivity contribution in [1.82, 2.24) is 5.32 Å². The maximum Gasteiger partial charge on any atom is 0.150 e. The van der Waals surface area contributed by atoms with Gasteiger partial charge in [0.15, 0.2) is 5.82 Å². The summed E-state index contributed by atoms with van der Waals surface area (Å²) in [4.78, 5) is 0. The molecule has 0 fully saturated rings. The van der Waals surface area contributed by atoms with E-state index in [0.29, 0.717) is 16.1 Å². The van der Waals surface area contributed by atoms with Crippen molar-refractivity contribution in [3.63, 3.8) is 0 Å². The van der Waals surface area contributed by atoms with Crippen LogP contribution in [0.2, 0.25) is 5.02 Å². The van der Waals surface area contributed by atoms with Crippen molar-refractivity contribution in [2.24, 2.45) is 0 Å². The lowest BCUT2D eigenvalue weighted by molar-refractivity contribution is 0.589. The molecule has 2 aromatic carbocycles. The van der Waals surface area contributed by atoms with Gasteiger partial charge in [0.2, 0.25) is 0 Å². The fourth-order valence-electron chi connectivity index (χ4n) is 2.13. The number of hydrogen-bond donors (Lipinski definition) is 1. The monoisotopic (exact) mass is 369 g/mol. The van der Waals surface area contributed by atoms with E-state index in [1.54, 1.807) is 12.1 Å². The predicted molar refractivity (Wildman–Crippen MR) is 91.3 cm³/mol. The summed E-state index contributed by atoms with van der Waals surface area (Å²) >= 11 is 9.24. The van der Waals surface area contributed by atoms with Crippen molar-refractivity contribution in [2.45, 2.75) is 33.4 Å². The topological polar surface area (TPSA) is 12.0 Å². The third-order valence-corrected chi connectivity index (χ3v) is 4.60. The first-order valence-electron chi connectivity index (χ1n) is 6.87. The summed E-state index contributed by atoms with van der Waals surface area (Å²) in [5.74, 6) is -0.386. The molecule has 4 heteroatoms. The Labute approximate surface area is 138 Å². The number of hydrogen-bond acceptors (Lipinski definition) is 1. The Morgan fingerprint density at radius 3 is 2.57 bits per heavy atom. The van der Waals surface area contributed by atoms with E-state index in [0.717, 1.165) is 23.2 Å². The molecule has 0 bridgehead atoms. The lowest BCUT2D eigenvalue weighted by atomic mass is 9.97. The maximum absolute atomic E-state index is 14.4. The van der Waals surface area contributed by atoms with Crippen molar-refractivity contribution < 1.29 is 4.39 Å². The highest BCUT2D eigenvalue weighted by Gasteiger charge is 2.14. The van der Waals surface area contributed by atoms with E-state index in [-0.39, 0.29) is 10.8 Å². The van der Waals surface area contributed by atoms with Crippen LogP contribution >= 0.6 is 27.5 Å². The highest BCUT2D eigenvalue weighted by Crippen LogP contribution is 2.34. The van der Waals surface area contributed by atoms with Gasteiger partial charge >= 0.3 is 0 Å². The third kappa shape index (κ3) is 3.85. The Balaban J connectivity index is 2.44. The summed E-state index contributed by atoms with van der Waals surface area (Å²) in [5.41, 5.74) is 3.57. The van der Waals surface area contributed by atoms with Crippen LogP contribution in [0.15, 0.2) is 34.8 Å². The number of rotatable bonds is 4. The Hall–Kier alpha value is -0.900. The molecule has 0 aliphatic heterocycles. The van der Waals surface area contributed by atoms with Gasteiger partial charge in [0, 0.05) is 22.6 Å². The Morgan fingerprint density at radius 1 is 1.19 bits per heavy atom. The molecule has 1 nitrogen and oxygen atoms in total. The van der Waals surface area contributed by atoms with Crippen LogP contribution in [-0.2, 0) is 6.54 Å². The van der Waals surface area contributed by atoms with Gasteiger partial charge in [-0.05, 0) is 51.7 Å². The van der Waals surface area contributed by atoms with Crippen LogP contribution in [0, 0.1) is 12.7 Å². The van der Waals surface area contributed by atoms with Crippen molar-refractivity contribution >= 4 is 27.5 Å². The number of nitrogens with one attached hydrogen (secondary N) is 1. The van der Waals surface area contributed by atoms with Crippen LogP contribution in [0.3, 0.4) is 0 Å². The largest absolute Gasteiger partial charge is 0.310 e. The molecule has 0 saturated carbocycles. The van der Waals surface area contributed by atoms with Gasteiger partial charge in [-0.2, -0.15) is 0 Å². The average molecular weight is 371 g/mol. The molecule has 0 saturated heterocycles. The molecular formula is C17H18BrClFN. The summed E-state index contributed by atoms with van der Waals surface area (Å²) in [7, 11) is 0. The van der Waals surface area contributed by atoms with Crippen molar-refractivity contribution in [3.05, 3.63) is 56.8 Å². The van der Waals surface area contributed by atoms with Gasteiger partial charge < -0.3 is 5.32 Å². The van der Waals surface area contributed by atoms with Crippen molar-refractivity contribution in [2.75, 3.05) is 0 Å². The van der Waals surface area contributed by atoms with Crippen molar-refractivity contribution in [3.8, 4) is 11.1 Å². The van der Waals surface area contributed by atoms with Gasteiger partial charge in [-0.1, -0.05) is 43.6 Å². The average Bonchev–Trinajstić information content (AvgIpc) is 2.44. The number of benzene rings is 2. The van der Waals surface area contributed by atoms with Crippen LogP contribution < -0.4 is 5.32 Å². The van der Waals surface area contributed by atoms with Gasteiger partial charge in [-0.15, -0.1) is 0 Å². The molecule has 0 radical (unpaired) electrons. The Bertz CT molecular complexity index is 655. The first-order valence-corrected chi connectivity index (χ1v) is 8.04. The van der Waals surface area contributed by atoms with E-state index in [2.05, 4.69) is 41.2 Å². The molecule has 0 unspecified atom stereocenters. The number of aryl methyl sites for hydroxylation is 1. The molecule has 112 valence electrons. The normalized spacial score (nSPS) is 11.2. The summed E-state index contributed by atoms with van der Waals surface area (Å²) < 4.78 is 15.0. The molecule has 0 amide bonds. The van der Waals surface area contributed by atoms with E-state index >= 15 is 0 Å². The minimum Gasteiger partial charge on any atom is -0.310 e. The first-order chi connectivity index (χ1) is 9.90. The fraction of sp³-hybridized carbons (Fsp3) is 0.294. The van der Waals surface area contributed by atoms with Crippen LogP contribution in [0.5, 0.6) is 0 Å². The molecule has 0 aliphatic carbocycles. The Morgan fingerprint density at radius 2 is 1.90 bits per heavy atom. The summed E-state index contributed by atoms with van der Waals surface area (Å²) in [6.07, 6.45) is 0. The van der Waals surface area contributed by atoms with Crippen molar-refractivity contribution in [1.29, 1.82) is 0 Å². The quantitative estimate of drug-likeness (QED) is 0.679. The molecule has 0 aliphatic rings. The standard InChI is InChI=1S/C17H18BrClFN/c1-10(2)21-9-12-5-4-11(3)14(8-12)13-6-7-15(18)16(19)17(13)20/h4-8,10,21H,9H2,1-3H3. The SMILES string of the molecule is Cc1ccc(CNC(C)C)cc1-c1ccc(Br)c(Cl)c1F. The van der Waals surface area contributed by atoms with Gasteiger partial charge in [0.1, 0.15) is 0 Å². The first kappa shape index (κ1) is 16.5. The smallest absolute Gasteiger partial charge is 0.150 e. The maximum atomic E-state index is 14.4. The zero-order chi connectivity index (χ0) is 15.6. The summed E-state index contributed by atoms with van der Waals surface area (Å²) in [5, 5.41) is 3.49. The molecule has 21 heavy (non-hydrogen) atoms. The van der Waals surface area contributed by atoms with Gasteiger partial charge in [-0.3, -0.25) is 0 Å². The highest BCUT2D eigenvalue weighted by atomic mass is 79.9. The van der Waals surface area contributed by atoms with E-state index in [1.165, 1.54) is 0 Å². The third-order valence-electron chi connectivity index (χ3n) is 3.34. The zero-order valence-corrected chi connectivity index (χ0v) is 14.6. The molecule has 0 spiro atoms. The van der Waals surface area contributed by atoms with Crippen LogP contribution in [0.4, 0.5) is 4.39 Å². The summed E-state index contributed by atoms with van der Waals surface area (Å²) in [6.45, 7) is 6.94. The number of halogens is 3. The second-order valence-electron chi connectivity index (χ2n) is 5.41. The molecular weight excluding hydrogens is 353 g/mol.